The minimum absolute atomic E-state index is 0.0267. The van der Waals surface area contributed by atoms with E-state index in [0.29, 0.717) is 12.3 Å². The second-order valence-electron chi connectivity index (χ2n) is 6.89. The third-order valence-corrected chi connectivity index (χ3v) is 5.94. The first-order valence-electron chi connectivity index (χ1n) is 9.58. The molecule has 1 N–H and O–H groups in total. The Bertz CT molecular complexity index is 1140. The lowest BCUT2D eigenvalue weighted by molar-refractivity contribution is -0.118. The molecule has 144 valence electrons. The van der Waals surface area contributed by atoms with Crippen LogP contribution in [0.15, 0.2) is 90.1 Å². The number of aryl methyl sites for hydroxylation is 1. The summed E-state index contributed by atoms with van der Waals surface area (Å²) in [7, 11) is 0. The van der Waals surface area contributed by atoms with Crippen molar-refractivity contribution < 1.29 is 4.79 Å². The van der Waals surface area contributed by atoms with Crippen LogP contribution in [0.3, 0.4) is 0 Å². The highest BCUT2D eigenvalue weighted by Gasteiger charge is 2.11. The van der Waals surface area contributed by atoms with Crippen molar-refractivity contribution in [2.45, 2.75) is 18.4 Å². The first-order valence-corrected chi connectivity index (χ1v) is 10.6. The zero-order valence-electron chi connectivity index (χ0n) is 16.3. The summed E-state index contributed by atoms with van der Waals surface area (Å²) in [6.45, 7) is 2.62. The van der Waals surface area contributed by atoms with Crippen molar-refractivity contribution in [3.63, 3.8) is 0 Å². The fraction of sp³-hybridized carbons (Fsp3) is 0.120. The van der Waals surface area contributed by atoms with E-state index in [9.17, 15) is 4.79 Å². The van der Waals surface area contributed by atoms with E-state index in [0.717, 1.165) is 21.2 Å². The van der Waals surface area contributed by atoms with Crippen molar-refractivity contribution >= 4 is 28.4 Å². The summed E-state index contributed by atoms with van der Waals surface area (Å²) in [6, 6.07) is 24.6. The van der Waals surface area contributed by atoms with Gasteiger partial charge in [0.2, 0.25) is 5.91 Å². The molecule has 4 heteroatoms. The van der Waals surface area contributed by atoms with Crippen LogP contribution in [0.5, 0.6) is 0 Å². The van der Waals surface area contributed by atoms with Crippen LogP contribution in [0.1, 0.15) is 11.1 Å². The molecule has 0 aliphatic heterocycles. The average molecular weight is 399 g/mol. The average Bonchev–Trinajstić information content (AvgIpc) is 2.77. The molecule has 1 aromatic heterocycles. The van der Waals surface area contributed by atoms with E-state index < -0.39 is 0 Å². The van der Waals surface area contributed by atoms with Gasteiger partial charge in [0.25, 0.3) is 0 Å². The zero-order chi connectivity index (χ0) is 20.1. The number of pyridine rings is 1. The summed E-state index contributed by atoms with van der Waals surface area (Å²) in [5, 5.41) is 5.27. The van der Waals surface area contributed by atoms with Gasteiger partial charge >= 0.3 is 0 Å². The van der Waals surface area contributed by atoms with E-state index >= 15 is 0 Å². The number of carbonyl (C=O) groups is 1. The van der Waals surface area contributed by atoms with Crippen LogP contribution in [0.2, 0.25) is 0 Å². The van der Waals surface area contributed by atoms with Gasteiger partial charge in [-0.1, -0.05) is 54.6 Å². The largest absolute Gasteiger partial charge is 0.351 e. The van der Waals surface area contributed by atoms with Crippen LogP contribution >= 0.6 is 11.8 Å². The molecular formula is C25H22N2OS. The van der Waals surface area contributed by atoms with Gasteiger partial charge in [0, 0.05) is 29.2 Å². The van der Waals surface area contributed by atoms with Gasteiger partial charge in [-0.2, -0.15) is 0 Å². The molecule has 1 heterocycles. The van der Waals surface area contributed by atoms with Crippen molar-refractivity contribution in [1.82, 2.24) is 10.3 Å². The van der Waals surface area contributed by atoms with Crippen molar-refractivity contribution in [3.8, 4) is 11.1 Å². The Balaban J connectivity index is 1.52. The quantitative estimate of drug-likeness (QED) is 0.429. The van der Waals surface area contributed by atoms with Gasteiger partial charge in [-0.25, -0.2) is 0 Å². The van der Waals surface area contributed by atoms with Crippen LogP contribution < -0.4 is 5.32 Å². The lowest BCUT2D eigenvalue weighted by Crippen LogP contribution is -2.24. The Labute approximate surface area is 175 Å². The third-order valence-electron chi connectivity index (χ3n) is 4.93. The predicted molar refractivity (Wildman–Crippen MR) is 121 cm³/mol. The molecule has 0 aliphatic rings. The van der Waals surface area contributed by atoms with Crippen molar-refractivity contribution in [1.29, 1.82) is 0 Å². The van der Waals surface area contributed by atoms with Crippen LogP contribution in [0, 0.1) is 6.92 Å². The molecule has 0 fully saturated rings. The van der Waals surface area contributed by atoms with Gasteiger partial charge < -0.3 is 5.32 Å². The Kier molecular flexibility index (Phi) is 5.92. The lowest BCUT2D eigenvalue weighted by Gasteiger charge is -2.13. The first-order chi connectivity index (χ1) is 14.2. The number of hydrogen-bond donors (Lipinski definition) is 1. The fourth-order valence-corrected chi connectivity index (χ4v) is 4.17. The molecule has 0 radical (unpaired) electrons. The van der Waals surface area contributed by atoms with E-state index in [4.69, 9.17) is 0 Å². The molecule has 0 aliphatic carbocycles. The van der Waals surface area contributed by atoms with E-state index in [1.807, 2.05) is 48.8 Å². The highest BCUT2D eigenvalue weighted by atomic mass is 32.2. The molecule has 0 bridgehead atoms. The summed E-state index contributed by atoms with van der Waals surface area (Å²) in [4.78, 5) is 17.7. The van der Waals surface area contributed by atoms with Crippen molar-refractivity contribution in [2.24, 2.45) is 0 Å². The monoisotopic (exact) mass is 398 g/mol. The van der Waals surface area contributed by atoms with Gasteiger partial charge in [0.05, 0.1) is 5.75 Å². The molecule has 0 spiro atoms. The molecule has 3 nitrogen and oxygen atoms in total. The smallest absolute Gasteiger partial charge is 0.230 e. The second-order valence-corrected chi connectivity index (χ2v) is 7.94. The molecule has 0 saturated heterocycles. The molecule has 4 rings (SSSR count). The lowest BCUT2D eigenvalue weighted by atomic mass is 9.94. The number of hydrogen-bond acceptors (Lipinski definition) is 3. The number of thioether (sulfide) groups is 1. The molecule has 0 atom stereocenters. The highest BCUT2D eigenvalue weighted by Crippen LogP contribution is 2.32. The maximum absolute atomic E-state index is 12.3. The number of nitrogens with zero attached hydrogens (tertiary/aromatic N) is 1. The van der Waals surface area contributed by atoms with Gasteiger partial charge in [-0.3, -0.25) is 9.78 Å². The van der Waals surface area contributed by atoms with Crippen LogP contribution in [0.25, 0.3) is 21.9 Å². The van der Waals surface area contributed by atoms with Gasteiger partial charge in [0.1, 0.15) is 0 Å². The molecule has 0 unspecified atom stereocenters. The summed E-state index contributed by atoms with van der Waals surface area (Å²) >= 11 is 1.54. The number of benzene rings is 3. The Hall–Kier alpha value is -3.11. The minimum atomic E-state index is 0.0267. The number of rotatable bonds is 6. The number of carbonyl (C=O) groups excluding carboxylic acids is 1. The molecule has 4 aromatic rings. The van der Waals surface area contributed by atoms with E-state index in [-0.39, 0.29) is 5.91 Å². The van der Waals surface area contributed by atoms with Crippen LogP contribution in [-0.4, -0.2) is 16.6 Å². The Morgan fingerprint density at radius 3 is 2.52 bits per heavy atom. The highest BCUT2D eigenvalue weighted by molar-refractivity contribution is 8.00. The van der Waals surface area contributed by atoms with Crippen molar-refractivity contribution in [3.05, 3.63) is 96.3 Å². The van der Waals surface area contributed by atoms with Gasteiger partial charge in [0.15, 0.2) is 0 Å². The minimum Gasteiger partial charge on any atom is -0.351 e. The van der Waals surface area contributed by atoms with Gasteiger partial charge in [-0.15, -0.1) is 11.8 Å². The number of nitrogens with one attached hydrogen (secondary N) is 1. The molecule has 3 aromatic carbocycles. The fourth-order valence-electron chi connectivity index (χ4n) is 3.42. The Morgan fingerprint density at radius 2 is 1.69 bits per heavy atom. The number of aromatic nitrogens is 1. The van der Waals surface area contributed by atoms with E-state index in [2.05, 4.69) is 53.6 Å². The summed E-state index contributed by atoms with van der Waals surface area (Å²) in [5.74, 6) is 0.431. The standard InChI is InChI=1S/C25H22N2OS/c1-18-7-5-6-10-21(18)22-12-11-19(24-16-26-14-13-23(22)24)15-27-25(28)17-29-20-8-3-2-4-9-20/h2-14,16H,15,17H2,1H3,(H,27,28). The molecule has 0 saturated carbocycles. The van der Waals surface area contributed by atoms with Gasteiger partial charge in [-0.05, 0) is 52.8 Å². The molecular weight excluding hydrogens is 376 g/mol. The zero-order valence-corrected chi connectivity index (χ0v) is 17.1. The van der Waals surface area contributed by atoms with Crippen molar-refractivity contribution in [2.75, 3.05) is 5.75 Å². The van der Waals surface area contributed by atoms with E-state index in [1.165, 1.54) is 16.7 Å². The second kappa shape index (κ2) is 8.93. The maximum Gasteiger partial charge on any atom is 0.230 e. The van der Waals surface area contributed by atoms with Crippen LogP contribution in [-0.2, 0) is 11.3 Å². The Morgan fingerprint density at radius 1 is 0.897 bits per heavy atom. The molecule has 1 amide bonds. The van der Waals surface area contributed by atoms with Crippen LogP contribution in [0.4, 0.5) is 0 Å². The molecule has 29 heavy (non-hydrogen) atoms. The SMILES string of the molecule is Cc1ccccc1-c1ccc(CNC(=O)CSc2ccccc2)c2cnccc12. The summed E-state index contributed by atoms with van der Waals surface area (Å²) in [6.07, 6.45) is 3.71. The predicted octanol–water partition coefficient (Wildman–Crippen LogP) is 5.62. The topological polar surface area (TPSA) is 42.0 Å². The summed E-state index contributed by atoms with van der Waals surface area (Å²) in [5.41, 5.74) is 4.72. The first kappa shape index (κ1) is 19.2. The third kappa shape index (κ3) is 4.49. The normalized spacial score (nSPS) is 10.8. The number of amides is 1. The maximum atomic E-state index is 12.3. The van der Waals surface area contributed by atoms with E-state index in [1.54, 1.807) is 11.8 Å². The number of fused-ring (bicyclic) bond motifs is 1. The summed E-state index contributed by atoms with van der Waals surface area (Å²) < 4.78 is 0.